The number of hydrogen-bond donors (Lipinski definition) is 3. The normalized spacial score (nSPS) is 12.2. The molecule has 0 spiro atoms. The molecule has 2 heterocycles. The van der Waals surface area contributed by atoms with Gasteiger partial charge in [-0.3, -0.25) is 4.98 Å². The third-order valence-corrected chi connectivity index (χ3v) is 2.90. The van der Waals surface area contributed by atoms with Crippen molar-refractivity contribution in [1.29, 1.82) is 0 Å². The Kier molecular flexibility index (Phi) is 4.47. The van der Waals surface area contributed by atoms with Crippen molar-refractivity contribution in [1.82, 2.24) is 15.0 Å². The molecule has 0 saturated heterocycles. The zero-order valence-corrected chi connectivity index (χ0v) is 12.0. The Hall–Kier alpha value is -2.21. The van der Waals surface area contributed by atoms with Gasteiger partial charge in [0.1, 0.15) is 17.5 Å². The molecule has 0 bridgehead atoms. The first-order chi connectivity index (χ1) is 9.60. The minimum atomic E-state index is 0.0525. The molecule has 0 radical (unpaired) electrons. The van der Waals surface area contributed by atoms with E-state index in [0.717, 1.165) is 17.3 Å². The van der Waals surface area contributed by atoms with Crippen LogP contribution in [0.5, 0.6) is 0 Å². The monoisotopic (exact) mass is 272 g/mol. The van der Waals surface area contributed by atoms with Gasteiger partial charge in [0, 0.05) is 18.2 Å². The highest BCUT2D eigenvalue weighted by Crippen LogP contribution is 2.20. The maximum absolute atomic E-state index is 5.45. The van der Waals surface area contributed by atoms with Gasteiger partial charge in [0.2, 0.25) is 0 Å². The quantitative estimate of drug-likeness (QED) is 0.572. The second-order valence-electron chi connectivity index (χ2n) is 4.92. The number of rotatable bonds is 5. The van der Waals surface area contributed by atoms with Crippen molar-refractivity contribution in [3.63, 3.8) is 0 Å². The minimum absolute atomic E-state index is 0.0525. The molecular weight excluding hydrogens is 252 g/mol. The van der Waals surface area contributed by atoms with E-state index < -0.39 is 0 Å². The van der Waals surface area contributed by atoms with Crippen molar-refractivity contribution in [3.05, 3.63) is 42.0 Å². The molecule has 0 saturated carbocycles. The summed E-state index contributed by atoms with van der Waals surface area (Å²) in [6.45, 7) is 6.12. The molecular formula is C14H20N6. The van der Waals surface area contributed by atoms with Gasteiger partial charge in [-0.05, 0) is 19.1 Å². The second kappa shape index (κ2) is 6.29. The minimum Gasteiger partial charge on any atom is -0.362 e. The fraction of sp³-hybridized carbons (Fsp3) is 0.357. The number of hydrogen-bond acceptors (Lipinski definition) is 6. The Balaban J connectivity index is 2.22. The lowest BCUT2D eigenvalue weighted by Crippen LogP contribution is -2.14. The van der Waals surface area contributed by atoms with Crippen molar-refractivity contribution in [2.45, 2.75) is 32.7 Å². The lowest BCUT2D eigenvalue weighted by Gasteiger charge is -2.16. The lowest BCUT2D eigenvalue weighted by molar-refractivity contribution is 0.765. The molecule has 1 atom stereocenters. The number of nitrogens with one attached hydrogen (secondary N) is 2. The Bertz CT molecular complexity index is 555. The average Bonchev–Trinajstić information content (AvgIpc) is 2.47. The number of pyridine rings is 1. The van der Waals surface area contributed by atoms with Crippen LogP contribution in [0.25, 0.3) is 0 Å². The van der Waals surface area contributed by atoms with Gasteiger partial charge in [-0.15, -0.1) is 0 Å². The van der Waals surface area contributed by atoms with Crippen molar-refractivity contribution in [2.75, 3.05) is 10.7 Å². The molecule has 2 aromatic rings. The summed E-state index contributed by atoms with van der Waals surface area (Å²) in [6, 6.07) is 7.67. The van der Waals surface area contributed by atoms with Crippen molar-refractivity contribution in [3.8, 4) is 0 Å². The standard InChI is InChI=1S/C14H20N6/c1-9(2)14-18-12(8-13(19-14)20-15)17-10(3)11-6-4-5-7-16-11/h4-10H,15H2,1-3H3,(H2,17,18,19,20). The molecule has 1 unspecified atom stereocenters. The highest BCUT2D eigenvalue weighted by molar-refractivity contribution is 5.48. The van der Waals surface area contributed by atoms with E-state index >= 15 is 0 Å². The Morgan fingerprint density at radius 1 is 1.10 bits per heavy atom. The predicted octanol–water partition coefficient (Wildman–Crippen LogP) is 2.45. The summed E-state index contributed by atoms with van der Waals surface area (Å²) < 4.78 is 0. The number of anilines is 2. The van der Waals surface area contributed by atoms with Crippen LogP contribution in [0.1, 0.15) is 44.2 Å². The smallest absolute Gasteiger partial charge is 0.145 e. The van der Waals surface area contributed by atoms with Crippen LogP contribution in [-0.2, 0) is 0 Å². The van der Waals surface area contributed by atoms with Gasteiger partial charge in [0.25, 0.3) is 0 Å². The molecule has 4 N–H and O–H groups in total. The van der Waals surface area contributed by atoms with Gasteiger partial charge >= 0.3 is 0 Å². The maximum atomic E-state index is 5.45. The molecule has 6 nitrogen and oxygen atoms in total. The lowest BCUT2D eigenvalue weighted by atomic mass is 10.2. The summed E-state index contributed by atoms with van der Waals surface area (Å²) in [5, 5.41) is 3.32. The Morgan fingerprint density at radius 3 is 2.45 bits per heavy atom. The number of hydrazine groups is 1. The summed E-state index contributed by atoms with van der Waals surface area (Å²) in [7, 11) is 0. The van der Waals surface area contributed by atoms with Crippen LogP contribution in [-0.4, -0.2) is 15.0 Å². The van der Waals surface area contributed by atoms with Crippen LogP contribution in [0.3, 0.4) is 0 Å². The fourth-order valence-corrected chi connectivity index (χ4v) is 1.80. The van der Waals surface area contributed by atoms with E-state index in [1.165, 1.54) is 0 Å². The molecule has 2 rings (SSSR count). The van der Waals surface area contributed by atoms with Gasteiger partial charge < -0.3 is 10.7 Å². The van der Waals surface area contributed by atoms with Gasteiger partial charge in [0.05, 0.1) is 11.7 Å². The van der Waals surface area contributed by atoms with Gasteiger partial charge in [0.15, 0.2) is 0 Å². The molecule has 2 aromatic heterocycles. The SMILES string of the molecule is CC(C)c1nc(NN)cc(NC(C)c2ccccn2)n1. The van der Waals surface area contributed by atoms with Crippen LogP contribution in [0.15, 0.2) is 30.5 Å². The first kappa shape index (κ1) is 14.2. The van der Waals surface area contributed by atoms with Crippen LogP contribution >= 0.6 is 0 Å². The highest BCUT2D eigenvalue weighted by Gasteiger charge is 2.11. The molecule has 6 heteroatoms. The van der Waals surface area contributed by atoms with E-state index in [1.54, 1.807) is 12.3 Å². The van der Waals surface area contributed by atoms with Crippen LogP contribution in [0.2, 0.25) is 0 Å². The summed E-state index contributed by atoms with van der Waals surface area (Å²) in [6.07, 6.45) is 1.78. The highest BCUT2D eigenvalue weighted by atomic mass is 15.3. The Labute approximate surface area is 118 Å². The fourth-order valence-electron chi connectivity index (χ4n) is 1.80. The molecule has 0 amide bonds. The van der Waals surface area contributed by atoms with E-state index in [0.29, 0.717) is 5.82 Å². The molecule has 20 heavy (non-hydrogen) atoms. The molecule has 0 aliphatic rings. The first-order valence-corrected chi connectivity index (χ1v) is 6.63. The number of aromatic nitrogens is 3. The molecule has 0 aromatic carbocycles. The summed E-state index contributed by atoms with van der Waals surface area (Å²) >= 11 is 0. The van der Waals surface area contributed by atoms with Crippen LogP contribution in [0, 0.1) is 0 Å². The first-order valence-electron chi connectivity index (χ1n) is 6.63. The van der Waals surface area contributed by atoms with Crippen LogP contribution < -0.4 is 16.6 Å². The largest absolute Gasteiger partial charge is 0.362 e. The summed E-state index contributed by atoms with van der Waals surface area (Å²) in [4.78, 5) is 13.2. The number of nitrogen functional groups attached to an aromatic ring is 1. The summed E-state index contributed by atoms with van der Waals surface area (Å²) in [5.74, 6) is 7.75. The van der Waals surface area contributed by atoms with Gasteiger partial charge in [-0.2, -0.15) is 0 Å². The van der Waals surface area contributed by atoms with Crippen molar-refractivity contribution < 1.29 is 0 Å². The average molecular weight is 272 g/mol. The van der Waals surface area contributed by atoms with E-state index in [2.05, 4.69) is 25.7 Å². The maximum Gasteiger partial charge on any atom is 0.145 e. The molecule has 0 fully saturated rings. The predicted molar refractivity (Wildman–Crippen MR) is 80.2 cm³/mol. The third kappa shape index (κ3) is 3.42. The van der Waals surface area contributed by atoms with Crippen molar-refractivity contribution in [2.24, 2.45) is 5.84 Å². The number of nitrogens with two attached hydrogens (primary N) is 1. The topological polar surface area (TPSA) is 88.8 Å². The van der Waals surface area contributed by atoms with E-state index in [1.807, 2.05) is 39.0 Å². The molecule has 0 aliphatic carbocycles. The third-order valence-electron chi connectivity index (χ3n) is 2.90. The van der Waals surface area contributed by atoms with Crippen LogP contribution in [0.4, 0.5) is 11.6 Å². The second-order valence-corrected chi connectivity index (χ2v) is 4.92. The van der Waals surface area contributed by atoms with E-state index in [9.17, 15) is 0 Å². The van der Waals surface area contributed by atoms with Gasteiger partial charge in [-0.25, -0.2) is 15.8 Å². The van der Waals surface area contributed by atoms with Gasteiger partial charge in [-0.1, -0.05) is 19.9 Å². The van der Waals surface area contributed by atoms with Crippen molar-refractivity contribution >= 4 is 11.6 Å². The zero-order valence-electron chi connectivity index (χ0n) is 12.0. The van der Waals surface area contributed by atoms with E-state index in [-0.39, 0.29) is 12.0 Å². The Morgan fingerprint density at radius 2 is 1.85 bits per heavy atom. The molecule has 0 aliphatic heterocycles. The summed E-state index contributed by atoms with van der Waals surface area (Å²) in [5.41, 5.74) is 3.53. The number of nitrogens with zero attached hydrogens (tertiary/aromatic N) is 3. The molecule has 106 valence electrons. The zero-order chi connectivity index (χ0) is 14.5. The van der Waals surface area contributed by atoms with E-state index in [4.69, 9.17) is 5.84 Å².